The molecule has 0 aromatic heterocycles. The highest BCUT2D eigenvalue weighted by molar-refractivity contribution is 5.84. The van der Waals surface area contributed by atoms with Gasteiger partial charge in [-0.1, -0.05) is 37.6 Å². The van der Waals surface area contributed by atoms with Gasteiger partial charge in [0.15, 0.2) is 23.0 Å². The molecule has 1 N–H and O–H groups in total. The van der Waals surface area contributed by atoms with Crippen LogP contribution in [-0.4, -0.2) is 65.3 Å². The summed E-state index contributed by atoms with van der Waals surface area (Å²) in [6.07, 6.45) is 1.08. The molecule has 3 aromatic carbocycles. The lowest BCUT2D eigenvalue weighted by Gasteiger charge is -2.39. The van der Waals surface area contributed by atoms with Crippen LogP contribution in [0.5, 0.6) is 28.7 Å². The van der Waals surface area contributed by atoms with Gasteiger partial charge in [-0.25, -0.2) is 4.79 Å². The second kappa shape index (κ2) is 13.5. The first-order valence-corrected chi connectivity index (χ1v) is 16.5. The molecule has 3 aromatic rings. The Morgan fingerprint density at radius 2 is 1.59 bits per heavy atom. The number of ether oxygens (including phenoxy) is 8. The summed E-state index contributed by atoms with van der Waals surface area (Å²) in [7, 11) is 4.59. The van der Waals surface area contributed by atoms with Gasteiger partial charge >= 0.3 is 17.9 Å². The van der Waals surface area contributed by atoms with Crippen LogP contribution in [0.1, 0.15) is 65.6 Å². The van der Waals surface area contributed by atoms with Gasteiger partial charge in [-0.2, -0.15) is 0 Å². The van der Waals surface area contributed by atoms with Crippen LogP contribution in [0.4, 0.5) is 0 Å². The maximum atomic E-state index is 14.1. The van der Waals surface area contributed by atoms with Crippen LogP contribution < -0.4 is 29.0 Å². The number of hydrogen-bond donors (Lipinski definition) is 1. The van der Waals surface area contributed by atoms with Gasteiger partial charge in [0.05, 0.1) is 40.5 Å². The topological polar surface area (TPSA) is 137 Å². The Balaban J connectivity index is 1.26. The van der Waals surface area contributed by atoms with Crippen molar-refractivity contribution in [3.8, 4) is 28.7 Å². The van der Waals surface area contributed by atoms with E-state index in [1.807, 2.05) is 55.5 Å². The third-order valence-corrected chi connectivity index (χ3v) is 9.83. The number of methoxy groups -OCH3 is 3. The number of esters is 3. The second-order valence-corrected chi connectivity index (χ2v) is 12.5. The Kier molecular flexibility index (Phi) is 8.98. The fourth-order valence-electron chi connectivity index (χ4n) is 7.47. The molecule has 1 fully saturated rings. The van der Waals surface area contributed by atoms with Crippen LogP contribution in [-0.2, 0) is 35.0 Å². The predicted octanol–water partition coefficient (Wildman–Crippen LogP) is 4.56. The zero-order valence-electron chi connectivity index (χ0n) is 27.8. The minimum Gasteiger partial charge on any atom is -0.493 e. The number of rotatable bonds is 10. The third-order valence-electron chi connectivity index (χ3n) is 9.83. The molecule has 7 rings (SSSR count). The monoisotopic (exact) mass is 673 g/mol. The molecule has 12 heteroatoms. The Morgan fingerprint density at radius 1 is 0.878 bits per heavy atom. The molecule has 3 heterocycles. The van der Waals surface area contributed by atoms with Crippen molar-refractivity contribution in [2.45, 2.75) is 50.3 Å². The van der Waals surface area contributed by atoms with E-state index in [9.17, 15) is 14.4 Å². The highest BCUT2D eigenvalue weighted by atomic mass is 16.7. The smallest absolute Gasteiger partial charge is 0.327 e. The number of fused-ring (bicyclic) bond motifs is 4. The average molecular weight is 674 g/mol. The molecule has 6 atom stereocenters. The molecule has 0 amide bonds. The summed E-state index contributed by atoms with van der Waals surface area (Å²) in [5.74, 6) is -0.883. The fraction of sp³-hybridized carbons (Fsp3) is 0.432. The molecule has 258 valence electrons. The fourth-order valence-corrected chi connectivity index (χ4v) is 7.47. The van der Waals surface area contributed by atoms with E-state index in [4.69, 9.17) is 37.9 Å². The summed E-state index contributed by atoms with van der Waals surface area (Å²) in [5, 5.41) is 3.20. The van der Waals surface area contributed by atoms with Crippen molar-refractivity contribution >= 4 is 17.9 Å². The molecule has 0 bridgehead atoms. The predicted molar refractivity (Wildman–Crippen MR) is 173 cm³/mol. The number of carbonyl (C=O) groups is 3. The molecule has 0 radical (unpaired) electrons. The van der Waals surface area contributed by atoms with Gasteiger partial charge in [0.25, 0.3) is 0 Å². The van der Waals surface area contributed by atoms with E-state index in [2.05, 4.69) is 5.32 Å². The van der Waals surface area contributed by atoms with Crippen molar-refractivity contribution in [3.05, 3.63) is 76.3 Å². The lowest BCUT2D eigenvalue weighted by Crippen LogP contribution is -2.49. The molecule has 3 aliphatic heterocycles. The molecule has 1 aliphatic carbocycles. The Bertz CT molecular complexity index is 1750. The Hall–Kier alpha value is -4.97. The van der Waals surface area contributed by atoms with Gasteiger partial charge in [0.1, 0.15) is 18.2 Å². The number of nitrogens with one attached hydrogen (secondary N) is 1. The normalized spacial score (nSPS) is 24.5. The van der Waals surface area contributed by atoms with Gasteiger partial charge in [-0.15, -0.1) is 0 Å². The maximum Gasteiger partial charge on any atom is 0.327 e. The van der Waals surface area contributed by atoms with Gasteiger partial charge in [-0.3, -0.25) is 14.9 Å². The van der Waals surface area contributed by atoms with Crippen LogP contribution in [0.25, 0.3) is 0 Å². The summed E-state index contributed by atoms with van der Waals surface area (Å²) in [4.78, 5) is 40.9. The minimum absolute atomic E-state index is 0.0353. The average Bonchev–Trinajstić information content (AvgIpc) is 3.75. The van der Waals surface area contributed by atoms with Crippen molar-refractivity contribution < 1.29 is 52.3 Å². The first kappa shape index (κ1) is 32.6. The van der Waals surface area contributed by atoms with Crippen LogP contribution in [0.3, 0.4) is 0 Å². The lowest BCUT2D eigenvalue weighted by molar-refractivity contribution is -0.158. The third kappa shape index (κ3) is 5.77. The van der Waals surface area contributed by atoms with Crippen LogP contribution in [0.2, 0.25) is 0 Å². The molecule has 0 saturated carbocycles. The summed E-state index contributed by atoms with van der Waals surface area (Å²) >= 11 is 0. The second-order valence-electron chi connectivity index (χ2n) is 12.5. The van der Waals surface area contributed by atoms with Gasteiger partial charge < -0.3 is 37.9 Å². The van der Waals surface area contributed by atoms with E-state index < -0.39 is 53.8 Å². The van der Waals surface area contributed by atoms with Gasteiger partial charge in [0, 0.05) is 17.4 Å². The number of benzene rings is 3. The van der Waals surface area contributed by atoms with E-state index in [1.54, 1.807) is 0 Å². The Labute approximate surface area is 283 Å². The van der Waals surface area contributed by atoms with E-state index in [-0.39, 0.29) is 13.4 Å². The molecule has 6 unspecified atom stereocenters. The number of hydrogen-bond acceptors (Lipinski definition) is 12. The molecule has 0 spiro atoms. The zero-order valence-corrected chi connectivity index (χ0v) is 27.8. The molecule has 1 saturated heterocycles. The summed E-state index contributed by atoms with van der Waals surface area (Å²) < 4.78 is 46.0. The highest BCUT2D eigenvalue weighted by Crippen LogP contribution is 2.56. The van der Waals surface area contributed by atoms with Crippen molar-refractivity contribution in [1.29, 1.82) is 0 Å². The summed E-state index contributed by atoms with van der Waals surface area (Å²) in [6.45, 7) is 2.40. The van der Waals surface area contributed by atoms with Gasteiger partial charge in [-0.05, 0) is 59.4 Å². The molecular formula is C37H39NO11. The van der Waals surface area contributed by atoms with E-state index in [1.165, 1.54) is 21.3 Å². The number of unbranched alkanes of at least 4 members (excludes halogenated alkanes) is 1. The van der Waals surface area contributed by atoms with Crippen molar-refractivity contribution in [2.24, 2.45) is 11.8 Å². The first-order valence-electron chi connectivity index (χ1n) is 16.5. The lowest BCUT2D eigenvalue weighted by atomic mass is 9.66. The standard InChI is InChI=1S/C37H39NO11/c1-5-6-11-45-37(41)32-21-10-8-7-9-19(21)12-25(38-32)35(39)49-33-23-16-27-26(47-18-48-27)15-22(23)30(31-24(33)17-46-36(31)40)20-13-28(42-2)34(44-4)29(14-20)43-3/h7-10,13-16,24-25,30-33,38H,5-6,11-12,17-18H2,1-4H3. The SMILES string of the molecule is CCCCOC(=O)C1NC(C(=O)OC2c3cc4c(cc3C(c3cc(OC)c(OC)c(OC)c3)C3C(=O)OCC23)OCO4)Cc2ccccc21. The molecular weight excluding hydrogens is 634 g/mol. The van der Waals surface area contributed by atoms with E-state index >= 15 is 0 Å². The van der Waals surface area contributed by atoms with Crippen LogP contribution in [0.15, 0.2) is 48.5 Å². The van der Waals surface area contributed by atoms with E-state index in [0.717, 1.165) is 35.1 Å². The largest absolute Gasteiger partial charge is 0.493 e. The van der Waals surface area contributed by atoms with Crippen LogP contribution in [0, 0.1) is 11.8 Å². The minimum atomic E-state index is -0.860. The highest BCUT2D eigenvalue weighted by Gasteiger charge is 2.54. The Morgan fingerprint density at radius 3 is 2.29 bits per heavy atom. The van der Waals surface area contributed by atoms with Crippen molar-refractivity contribution in [3.63, 3.8) is 0 Å². The summed E-state index contributed by atoms with van der Waals surface area (Å²) in [6, 6.07) is 13.1. The summed E-state index contributed by atoms with van der Waals surface area (Å²) in [5.41, 5.74) is 3.74. The van der Waals surface area contributed by atoms with Gasteiger partial charge in [0.2, 0.25) is 12.5 Å². The maximum absolute atomic E-state index is 14.1. The molecule has 4 aliphatic rings. The zero-order chi connectivity index (χ0) is 34.2. The van der Waals surface area contributed by atoms with Crippen LogP contribution >= 0.6 is 0 Å². The quantitative estimate of drug-likeness (QED) is 0.184. The number of cyclic esters (lactones) is 1. The van der Waals surface area contributed by atoms with E-state index in [0.29, 0.717) is 47.3 Å². The first-order chi connectivity index (χ1) is 23.9. The van der Waals surface area contributed by atoms with Crippen molar-refractivity contribution in [2.75, 3.05) is 41.3 Å². The van der Waals surface area contributed by atoms with Crippen molar-refractivity contribution in [1.82, 2.24) is 5.32 Å². The molecule has 49 heavy (non-hydrogen) atoms. The molecule has 12 nitrogen and oxygen atoms in total. The number of carbonyl (C=O) groups excluding carboxylic acids is 3.